The highest BCUT2D eigenvalue weighted by Gasteiger charge is 2.30. The van der Waals surface area contributed by atoms with Crippen LogP contribution < -0.4 is 0 Å². The minimum atomic E-state index is -0.0876. The summed E-state index contributed by atoms with van der Waals surface area (Å²) in [5.41, 5.74) is 1.16. The van der Waals surface area contributed by atoms with Gasteiger partial charge >= 0.3 is 5.97 Å². The monoisotopic (exact) mass is 254 g/mol. The lowest BCUT2D eigenvalue weighted by Gasteiger charge is -2.16. The largest absolute Gasteiger partial charge is 0.461 e. The number of carbonyl (C=O) groups is 1. The number of rotatable bonds is 2. The van der Waals surface area contributed by atoms with Crippen LogP contribution in [-0.2, 0) is 9.53 Å². The van der Waals surface area contributed by atoms with Gasteiger partial charge in [0.15, 0.2) is 0 Å². The van der Waals surface area contributed by atoms with Crippen LogP contribution in [0.2, 0.25) is 0 Å². The summed E-state index contributed by atoms with van der Waals surface area (Å²) in [4.78, 5) is 11.1. The number of alkyl halides is 1. The zero-order valence-corrected chi connectivity index (χ0v) is 9.24. The molecule has 0 spiro atoms. The molecular weight excluding hydrogens is 244 g/mol. The van der Waals surface area contributed by atoms with Gasteiger partial charge in [0.25, 0.3) is 0 Å². The molecule has 74 valence electrons. The molecule has 0 radical (unpaired) electrons. The van der Waals surface area contributed by atoms with Crippen molar-refractivity contribution in [2.24, 2.45) is 0 Å². The molecule has 0 bridgehead atoms. The molecule has 1 aliphatic heterocycles. The van der Waals surface area contributed by atoms with Gasteiger partial charge in [0.2, 0.25) is 0 Å². The minimum Gasteiger partial charge on any atom is -0.461 e. The van der Waals surface area contributed by atoms with Gasteiger partial charge < -0.3 is 4.74 Å². The maximum absolute atomic E-state index is 10.9. The zero-order valence-electron chi connectivity index (χ0n) is 7.65. The van der Waals surface area contributed by atoms with Crippen LogP contribution in [0.25, 0.3) is 0 Å². The summed E-state index contributed by atoms with van der Waals surface area (Å²) < 4.78 is 5.19. The van der Waals surface area contributed by atoms with Gasteiger partial charge in [-0.15, -0.1) is 0 Å². The fourth-order valence-corrected chi connectivity index (χ4v) is 2.28. The van der Waals surface area contributed by atoms with Crippen molar-refractivity contribution in [1.82, 2.24) is 0 Å². The average Bonchev–Trinajstić information content (AvgIpc) is 2.65. The van der Waals surface area contributed by atoms with Crippen LogP contribution >= 0.6 is 15.9 Å². The van der Waals surface area contributed by atoms with Gasteiger partial charge in [-0.05, 0) is 12.0 Å². The van der Waals surface area contributed by atoms with Crippen LogP contribution in [-0.4, -0.2) is 12.1 Å². The molecule has 14 heavy (non-hydrogen) atoms. The van der Waals surface area contributed by atoms with Crippen LogP contribution in [0, 0.1) is 0 Å². The van der Waals surface area contributed by atoms with Crippen molar-refractivity contribution in [2.45, 2.75) is 23.8 Å². The number of benzene rings is 1. The molecule has 0 aliphatic carbocycles. The molecule has 1 heterocycles. The number of ether oxygens (including phenoxy) is 1. The summed E-state index contributed by atoms with van der Waals surface area (Å²) in [6, 6.07) is 10.0. The SMILES string of the molecule is O=C1CCC(C(Br)c2ccccc2)O1. The third kappa shape index (κ3) is 1.98. The van der Waals surface area contributed by atoms with E-state index in [4.69, 9.17) is 4.74 Å². The second-order valence-electron chi connectivity index (χ2n) is 3.38. The van der Waals surface area contributed by atoms with Crippen molar-refractivity contribution in [3.8, 4) is 0 Å². The fraction of sp³-hybridized carbons (Fsp3) is 0.364. The summed E-state index contributed by atoms with van der Waals surface area (Å²) in [5, 5.41) is 0. The minimum absolute atomic E-state index is 0.00935. The second-order valence-corrected chi connectivity index (χ2v) is 4.37. The number of esters is 1. The molecule has 0 saturated carbocycles. The van der Waals surface area contributed by atoms with E-state index in [1.807, 2.05) is 30.3 Å². The lowest BCUT2D eigenvalue weighted by atomic mass is 10.1. The van der Waals surface area contributed by atoms with Gasteiger partial charge in [-0.1, -0.05) is 46.3 Å². The zero-order chi connectivity index (χ0) is 9.97. The molecule has 0 N–H and O–H groups in total. The van der Waals surface area contributed by atoms with Gasteiger partial charge in [0.1, 0.15) is 6.10 Å². The van der Waals surface area contributed by atoms with E-state index in [1.54, 1.807) is 0 Å². The molecule has 2 rings (SSSR count). The quantitative estimate of drug-likeness (QED) is 0.600. The third-order valence-corrected chi connectivity index (χ3v) is 3.48. The normalized spacial score (nSPS) is 23.2. The predicted molar refractivity (Wildman–Crippen MR) is 57.2 cm³/mol. The number of halogens is 1. The highest BCUT2D eigenvalue weighted by Crippen LogP contribution is 2.33. The number of carbonyl (C=O) groups excluding carboxylic acids is 1. The Morgan fingerprint density at radius 3 is 2.64 bits per heavy atom. The Morgan fingerprint density at radius 2 is 2.07 bits per heavy atom. The van der Waals surface area contributed by atoms with Crippen molar-refractivity contribution in [2.75, 3.05) is 0 Å². The summed E-state index contributed by atoms with van der Waals surface area (Å²) in [6.07, 6.45) is 1.34. The van der Waals surface area contributed by atoms with Gasteiger partial charge in [0, 0.05) is 6.42 Å². The van der Waals surface area contributed by atoms with Crippen molar-refractivity contribution in [3.05, 3.63) is 35.9 Å². The summed E-state index contributed by atoms with van der Waals surface area (Å²) in [7, 11) is 0. The molecule has 2 unspecified atom stereocenters. The van der Waals surface area contributed by atoms with E-state index < -0.39 is 0 Å². The first-order valence-corrected chi connectivity index (χ1v) is 5.57. The Kier molecular flexibility index (Phi) is 2.87. The molecule has 0 amide bonds. The van der Waals surface area contributed by atoms with Gasteiger partial charge in [0.05, 0.1) is 4.83 Å². The topological polar surface area (TPSA) is 26.3 Å². The second kappa shape index (κ2) is 4.13. The van der Waals surface area contributed by atoms with Crippen molar-refractivity contribution in [3.63, 3.8) is 0 Å². The van der Waals surface area contributed by atoms with E-state index in [1.165, 1.54) is 0 Å². The molecule has 1 saturated heterocycles. The molecular formula is C11H11BrO2. The number of hydrogen-bond donors (Lipinski definition) is 0. The summed E-state index contributed by atoms with van der Waals surface area (Å²) in [5.74, 6) is -0.0876. The molecule has 2 nitrogen and oxygen atoms in total. The van der Waals surface area contributed by atoms with Gasteiger partial charge in [-0.25, -0.2) is 0 Å². The number of hydrogen-bond acceptors (Lipinski definition) is 2. The third-order valence-electron chi connectivity index (χ3n) is 2.36. The van der Waals surface area contributed by atoms with E-state index >= 15 is 0 Å². The van der Waals surface area contributed by atoms with Gasteiger partial charge in [-0.2, -0.15) is 0 Å². The Hall–Kier alpha value is -0.830. The van der Waals surface area contributed by atoms with Crippen LogP contribution in [0.5, 0.6) is 0 Å². The Bertz CT molecular complexity index is 323. The number of cyclic esters (lactones) is 1. The van der Waals surface area contributed by atoms with E-state index in [-0.39, 0.29) is 16.9 Å². The lowest BCUT2D eigenvalue weighted by molar-refractivity contribution is -0.141. The summed E-state index contributed by atoms with van der Waals surface area (Å²) in [6.45, 7) is 0. The fourth-order valence-electron chi connectivity index (χ4n) is 1.60. The van der Waals surface area contributed by atoms with Crippen molar-refractivity contribution < 1.29 is 9.53 Å². The lowest BCUT2D eigenvalue weighted by Crippen LogP contribution is -2.13. The molecule has 1 aromatic rings. The standard InChI is InChI=1S/C11H11BrO2/c12-11(8-4-2-1-3-5-8)9-6-7-10(13)14-9/h1-5,9,11H,6-7H2. The van der Waals surface area contributed by atoms with Crippen molar-refractivity contribution in [1.29, 1.82) is 0 Å². The Balaban J connectivity index is 2.09. The van der Waals surface area contributed by atoms with Crippen LogP contribution in [0.1, 0.15) is 23.2 Å². The first-order chi connectivity index (χ1) is 6.77. The molecule has 1 aromatic carbocycles. The summed E-state index contributed by atoms with van der Waals surface area (Å²) >= 11 is 3.56. The Labute approximate surface area is 91.4 Å². The first-order valence-electron chi connectivity index (χ1n) is 4.66. The molecule has 3 heteroatoms. The van der Waals surface area contributed by atoms with E-state index in [2.05, 4.69) is 15.9 Å². The highest BCUT2D eigenvalue weighted by atomic mass is 79.9. The molecule has 0 aromatic heterocycles. The smallest absolute Gasteiger partial charge is 0.306 e. The Morgan fingerprint density at radius 1 is 1.36 bits per heavy atom. The maximum atomic E-state index is 10.9. The van der Waals surface area contributed by atoms with Crippen LogP contribution in [0.15, 0.2) is 30.3 Å². The van der Waals surface area contributed by atoms with Crippen molar-refractivity contribution >= 4 is 21.9 Å². The molecule has 1 fully saturated rings. The van der Waals surface area contributed by atoms with E-state index in [0.717, 1.165) is 12.0 Å². The van der Waals surface area contributed by atoms with E-state index in [9.17, 15) is 4.79 Å². The van der Waals surface area contributed by atoms with E-state index in [0.29, 0.717) is 6.42 Å². The highest BCUT2D eigenvalue weighted by molar-refractivity contribution is 9.09. The first kappa shape index (κ1) is 9.71. The molecule has 1 aliphatic rings. The average molecular weight is 255 g/mol. The predicted octanol–water partition coefficient (Wildman–Crippen LogP) is 2.83. The van der Waals surface area contributed by atoms with Gasteiger partial charge in [-0.3, -0.25) is 4.79 Å². The van der Waals surface area contributed by atoms with Crippen LogP contribution in [0.3, 0.4) is 0 Å². The maximum Gasteiger partial charge on any atom is 0.306 e. The molecule has 2 atom stereocenters. The van der Waals surface area contributed by atoms with Crippen LogP contribution in [0.4, 0.5) is 0 Å².